The van der Waals surface area contributed by atoms with Crippen LogP contribution in [0.4, 0.5) is 0 Å². The molecule has 1 saturated heterocycles. The number of carbonyl (C=O) groups excluding carboxylic acids is 1. The molecule has 0 unspecified atom stereocenters. The van der Waals surface area contributed by atoms with E-state index in [0.29, 0.717) is 17.4 Å². The number of amides is 1. The summed E-state index contributed by atoms with van der Waals surface area (Å²) in [7, 11) is 1.74. The highest BCUT2D eigenvalue weighted by atomic mass is 35.5. The summed E-state index contributed by atoms with van der Waals surface area (Å²) in [5, 5.41) is 8.00. The Kier molecular flexibility index (Phi) is 5.69. The molecule has 0 atom stereocenters. The third kappa shape index (κ3) is 4.45. The standard InChI is InChI=1S/C18H26ClN5OS/c1-18(2,3)17-20-13(12-26-17)11-23-6-5-7-24(9-8-23)16(25)14-10-15(19)22(4)21-14/h10,12H,5-9,11H2,1-4H3. The number of carbonyl (C=O) groups is 1. The molecule has 2 aromatic heterocycles. The summed E-state index contributed by atoms with van der Waals surface area (Å²) in [5.74, 6) is -0.0435. The second-order valence-electron chi connectivity index (χ2n) is 7.79. The zero-order valence-electron chi connectivity index (χ0n) is 15.8. The third-order valence-corrected chi connectivity index (χ3v) is 6.17. The fourth-order valence-corrected chi connectivity index (χ4v) is 4.04. The normalized spacial score (nSPS) is 16.7. The first-order valence-corrected chi connectivity index (χ1v) is 10.2. The van der Waals surface area contributed by atoms with Gasteiger partial charge >= 0.3 is 0 Å². The largest absolute Gasteiger partial charge is 0.336 e. The summed E-state index contributed by atoms with van der Waals surface area (Å²) < 4.78 is 1.52. The zero-order chi connectivity index (χ0) is 18.9. The number of halogens is 1. The van der Waals surface area contributed by atoms with E-state index in [2.05, 4.69) is 36.1 Å². The molecule has 3 heterocycles. The average Bonchev–Trinajstić information content (AvgIpc) is 3.08. The van der Waals surface area contributed by atoms with Crippen molar-refractivity contribution in [2.75, 3.05) is 26.2 Å². The van der Waals surface area contributed by atoms with Crippen LogP contribution < -0.4 is 0 Å². The van der Waals surface area contributed by atoms with Gasteiger partial charge in [0.2, 0.25) is 0 Å². The zero-order valence-corrected chi connectivity index (χ0v) is 17.4. The van der Waals surface area contributed by atoms with E-state index in [-0.39, 0.29) is 11.3 Å². The molecule has 0 N–H and O–H groups in total. The summed E-state index contributed by atoms with van der Waals surface area (Å²) in [6.45, 7) is 10.7. The SMILES string of the molecule is Cn1nc(C(=O)N2CCCN(Cc3csc(C(C)(C)C)n3)CC2)cc1Cl. The van der Waals surface area contributed by atoms with Crippen molar-refractivity contribution in [1.82, 2.24) is 24.6 Å². The van der Waals surface area contributed by atoms with Crippen LogP contribution >= 0.6 is 22.9 Å². The Balaban J connectivity index is 1.59. The number of thiazole rings is 1. The molecule has 0 bridgehead atoms. The molecule has 2 aromatic rings. The molecule has 0 spiro atoms. The molecular weight excluding hydrogens is 370 g/mol. The van der Waals surface area contributed by atoms with Crippen molar-refractivity contribution >= 4 is 28.8 Å². The Morgan fingerprint density at radius 1 is 1.27 bits per heavy atom. The Morgan fingerprint density at radius 3 is 2.65 bits per heavy atom. The highest BCUT2D eigenvalue weighted by Crippen LogP contribution is 2.26. The van der Waals surface area contributed by atoms with Crippen molar-refractivity contribution in [3.05, 3.63) is 33.0 Å². The quantitative estimate of drug-likeness (QED) is 0.800. The molecule has 142 valence electrons. The van der Waals surface area contributed by atoms with Crippen molar-refractivity contribution in [1.29, 1.82) is 0 Å². The van der Waals surface area contributed by atoms with Gasteiger partial charge in [-0.25, -0.2) is 4.98 Å². The van der Waals surface area contributed by atoms with Crippen LogP contribution in [0.5, 0.6) is 0 Å². The van der Waals surface area contributed by atoms with Gasteiger partial charge in [-0.3, -0.25) is 14.4 Å². The monoisotopic (exact) mass is 395 g/mol. The molecule has 0 aromatic carbocycles. The Morgan fingerprint density at radius 2 is 2.04 bits per heavy atom. The predicted molar refractivity (Wildman–Crippen MR) is 105 cm³/mol. The summed E-state index contributed by atoms with van der Waals surface area (Å²) in [6.07, 6.45) is 0.947. The van der Waals surface area contributed by atoms with Crippen LogP contribution in [0.2, 0.25) is 5.15 Å². The molecule has 1 aliphatic heterocycles. The molecule has 26 heavy (non-hydrogen) atoms. The van der Waals surface area contributed by atoms with Crippen LogP contribution in [0.15, 0.2) is 11.4 Å². The van der Waals surface area contributed by atoms with E-state index in [4.69, 9.17) is 16.6 Å². The van der Waals surface area contributed by atoms with E-state index in [9.17, 15) is 4.79 Å². The van der Waals surface area contributed by atoms with Gasteiger partial charge in [-0.15, -0.1) is 11.3 Å². The van der Waals surface area contributed by atoms with Gasteiger partial charge in [0, 0.05) is 56.6 Å². The van der Waals surface area contributed by atoms with Gasteiger partial charge in [0.1, 0.15) is 5.15 Å². The number of hydrogen-bond donors (Lipinski definition) is 0. The van der Waals surface area contributed by atoms with Crippen LogP contribution in [0.1, 0.15) is 48.4 Å². The van der Waals surface area contributed by atoms with Gasteiger partial charge < -0.3 is 4.90 Å². The fourth-order valence-electron chi connectivity index (χ4n) is 3.00. The topological polar surface area (TPSA) is 54.3 Å². The Labute approximate surface area is 163 Å². The van der Waals surface area contributed by atoms with E-state index in [1.165, 1.54) is 9.69 Å². The maximum Gasteiger partial charge on any atom is 0.274 e. The molecule has 3 rings (SSSR count). The second kappa shape index (κ2) is 7.66. The highest BCUT2D eigenvalue weighted by Gasteiger charge is 2.24. The maximum absolute atomic E-state index is 12.7. The lowest BCUT2D eigenvalue weighted by molar-refractivity contribution is 0.0754. The smallest absolute Gasteiger partial charge is 0.274 e. The third-order valence-electron chi connectivity index (χ3n) is 4.50. The summed E-state index contributed by atoms with van der Waals surface area (Å²) in [6, 6.07) is 1.63. The van der Waals surface area contributed by atoms with Gasteiger partial charge in [-0.2, -0.15) is 5.10 Å². The molecule has 1 fully saturated rings. The first-order valence-electron chi connectivity index (χ1n) is 8.90. The van der Waals surface area contributed by atoms with E-state index in [1.807, 2.05) is 4.90 Å². The number of aryl methyl sites for hydroxylation is 1. The van der Waals surface area contributed by atoms with Crippen LogP contribution in [-0.2, 0) is 19.0 Å². The minimum Gasteiger partial charge on any atom is -0.336 e. The van der Waals surface area contributed by atoms with Crippen molar-refractivity contribution < 1.29 is 4.79 Å². The first kappa shape index (κ1) is 19.3. The van der Waals surface area contributed by atoms with Crippen molar-refractivity contribution in [2.45, 2.75) is 39.2 Å². The molecular formula is C18H26ClN5OS. The molecule has 1 amide bonds. The second-order valence-corrected chi connectivity index (χ2v) is 9.04. The molecule has 8 heteroatoms. The van der Waals surface area contributed by atoms with Gasteiger partial charge in [0.05, 0.1) is 10.7 Å². The molecule has 6 nitrogen and oxygen atoms in total. The first-order chi connectivity index (χ1) is 12.2. The summed E-state index contributed by atoms with van der Waals surface area (Å²) in [4.78, 5) is 21.7. The van der Waals surface area contributed by atoms with Crippen molar-refractivity contribution in [3.8, 4) is 0 Å². The van der Waals surface area contributed by atoms with Crippen LogP contribution in [0.25, 0.3) is 0 Å². The van der Waals surface area contributed by atoms with Crippen LogP contribution in [0.3, 0.4) is 0 Å². The molecule has 0 aliphatic carbocycles. The van der Waals surface area contributed by atoms with Crippen LogP contribution in [-0.4, -0.2) is 56.7 Å². The van der Waals surface area contributed by atoms with E-state index in [1.54, 1.807) is 24.5 Å². The maximum atomic E-state index is 12.7. The molecule has 1 aliphatic rings. The summed E-state index contributed by atoms with van der Waals surface area (Å²) >= 11 is 7.74. The van der Waals surface area contributed by atoms with E-state index in [0.717, 1.165) is 38.3 Å². The van der Waals surface area contributed by atoms with Crippen molar-refractivity contribution in [3.63, 3.8) is 0 Å². The summed E-state index contributed by atoms with van der Waals surface area (Å²) in [5.41, 5.74) is 1.63. The minimum atomic E-state index is -0.0435. The molecule has 0 radical (unpaired) electrons. The number of hydrogen-bond acceptors (Lipinski definition) is 5. The number of aromatic nitrogens is 3. The Hall–Kier alpha value is -1.44. The fraction of sp³-hybridized carbons (Fsp3) is 0.611. The number of rotatable bonds is 3. The predicted octanol–water partition coefficient (Wildman–Crippen LogP) is 3.18. The molecule has 0 saturated carbocycles. The van der Waals surface area contributed by atoms with Crippen LogP contribution in [0, 0.1) is 0 Å². The Bertz CT molecular complexity index is 759. The average molecular weight is 396 g/mol. The van der Waals surface area contributed by atoms with Crippen molar-refractivity contribution in [2.24, 2.45) is 7.05 Å². The number of nitrogens with zero attached hydrogens (tertiary/aromatic N) is 5. The van der Waals surface area contributed by atoms with Gasteiger partial charge in [0.15, 0.2) is 5.69 Å². The lowest BCUT2D eigenvalue weighted by atomic mass is 9.98. The van der Waals surface area contributed by atoms with Gasteiger partial charge in [-0.05, 0) is 6.42 Å². The lowest BCUT2D eigenvalue weighted by Crippen LogP contribution is -2.35. The lowest BCUT2D eigenvalue weighted by Gasteiger charge is -2.21. The van der Waals surface area contributed by atoms with Gasteiger partial charge in [0.25, 0.3) is 5.91 Å². The minimum absolute atomic E-state index is 0.0435. The van der Waals surface area contributed by atoms with E-state index < -0.39 is 0 Å². The van der Waals surface area contributed by atoms with E-state index >= 15 is 0 Å². The van der Waals surface area contributed by atoms with Gasteiger partial charge in [-0.1, -0.05) is 32.4 Å². The highest BCUT2D eigenvalue weighted by molar-refractivity contribution is 7.09.